The van der Waals surface area contributed by atoms with Gasteiger partial charge in [0.1, 0.15) is 5.75 Å². The van der Waals surface area contributed by atoms with Gasteiger partial charge in [-0.1, -0.05) is 84.0 Å². The van der Waals surface area contributed by atoms with Crippen LogP contribution in [-0.4, -0.2) is 18.1 Å². The molecular weight excluding hydrogens is 380 g/mol. The predicted octanol–water partition coefficient (Wildman–Crippen LogP) is 7.56. The summed E-state index contributed by atoms with van der Waals surface area (Å²) >= 11 is 0. The van der Waals surface area contributed by atoms with Crippen LogP contribution >= 0.6 is 12.4 Å². The van der Waals surface area contributed by atoms with Crippen molar-refractivity contribution in [1.82, 2.24) is 4.98 Å². The van der Waals surface area contributed by atoms with Crippen molar-refractivity contribution in [3.63, 3.8) is 0 Å². The number of unbranched alkanes of at least 4 members (excludes halogenated alkanes) is 12. The fraction of sp³-hybridized carbons (Fsp3) is 0.680. The minimum absolute atomic E-state index is 0. The highest BCUT2D eigenvalue weighted by Gasteiger charge is 2.04. The van der Waals surface area contributed by atoms with Crippen LogP contribution in [0.4, 0.5) is 0 Å². The summed E-state index contributed by atoms with van der Waals surface area (Å²) < 4.78 is 5.97. The zero-order valence-corrected chi connectivity index (χ0v) is 19.3. The van der Waals surface area contributed by atoms with Gasteiger partial charge < -0.3 is 15.5 Å². The smallest absolute Gasteiger partial charge is 0.120 e. The average Bonchev–Trinajstić information content (AvgIpc) is 3.11. The highest BCUT2D eigenvalue weighted by molar-refractivity contribution is 5.85. The Bertz CT molecular complexity index is 641. The summed E-state index contributed by atoms with van der Waals surface area (Å²) in [4.78, 5) is 3.31. The summed E-state index contributed by atoms with van der Waals surface area (Å²) in [5.74, 6) is 0.976. The number of hydrogen-bond acceptors (Lipinski definition) is 2. The Morgan fingerprint density at radius 2 is 1.41 bits per heavy atom. The molecular formula is C25H43ClN2O. The van der Waals surface area contributed by atoms with E-state index in [1.54, 1.807) is 0 Å². The highest BCUT2D eigenvalue weighted by atomic mass is 35.5. The van der Waals surface area contributed by atoms with E-state index in [0.717, 1.165) is 30.7 Å². The second-order valence-corrected chi connectivity index (χ2v) is 8.15. The van der Waals surface area contributed by atoms with Crippen molar-refractivity contribution in [2.75, 3.05) is 13.2 Å². The number of nitrogens with one attached hydrogen (secondary N) is 1. The van der Waals surface area contributed by atoms with Crippen molar-refractivity contribution in [2.24, 2.45) is 5.73 Å². The van der Waals surface area contributed by atoms with Gasteiger partial charge in [-0.15, -0.1) is 12.4 Å². The number of nitrogens with two attached hydrogens (primary N) is 1. The number of ether oxygens (including phenoxy) is 1. The van der Waals surface area contributed by atoms with Crippen molar-refractivity contribution in [3.05, 3.63) is 30.0 Å². The van der Waals surface area contributed by atoms with Gasteiger partial charge in [-0.2, -0.15) is 0 Å². The van der Waals surface area contributed by atoms with Crippen LogP contribution in [0.2, 0.25) is 0 Å². The van der Waals surface area contributed by atoms with Gasteiger partial charge in [-0.05, 0) is 43.1 Å². The number of aromatic nitrogens is 1. The van der Waals surface area contributed by atoms with Gasteiger partial charge in [0.15, 0.2) is 0 Å². The molecule has 0 saturated heterocycles. The summed E-state index contributed by atoms with van der Waals surface area (Å²) in [5.41, 5.74) is 8.14. The van der Waals surface area contributed by atoms with Crippen LogP contribution in [0.15, 0.2) is 24.4 Å². The third-order valence-corrected chi connectivity index (χ3v) is 5.67. The van der Waals surface area contributed by atoms with E-state index in [4.69, 9.17) is 10.5 Å². The fourth-order valence-electron chi connectivity index (χ4n) is 3.92. The quantitative estimate of drug-likeness (QED) is 0.258. The number of benzene rings is 1. The van der Waals surface area contributed by atoms with E-state index in [1.165, 1.54) is 88.0 Å². The fourth-order valence-corrected chi connectivity index (χ4v) is 3.92. The lowest BCUT2D eigenvalue weighted by molar-refractivity contribution is 0.304. The molecule has 2 rings (SSSR count). The minimum Gasteiger partial charge on any atom is -0.494 e. The Morgan fingerprint density at radius 3 is 2.00 bits per heavy atom. The van der Waals surface area contributed by atoms with Crippen molar-refractivity contribution >= 4 is 23.3 Å². The molecule has 4 heteroatoms. The molecule has 0 fully saturated rings. The third kappa shape index (κ3) is 10.4. The summed E-state index contributed by atoms with van der Waals surface area (Å²) in [6.45, 7) is 3.78. The maximum Gasteiger partial charge on any atom is 0.120 e. The lowest BCUT2D eigenvalue weighted by Gasteiger charge is -2.07. The third-order valence-electron chi connectivity index (χ3n) is 5.67. The average molecular weight is 423 g/mol. The van der Waals surface area contributed by atoms with Gasteiger partial charge >= 0.3 is 0 Å². The van der Waals surface area contributed by atoms with E-state index in [2.05, 4.69) is 36.3 Å². The largest absolute Gasteiger partial charge is 0.494 e. The first-order valence-electron chi connectivity index (χ1n) is 11.8. The van der Waals surface area contributed by atoms with E-state index in [0.29, 0.717) is 6.54 Å². The predicted molar refractivity (Wildman–Crippen MR) is 129 cm³/mol. The molecule has 0 saturated carbocycles. The zero-order chi connectivity index (χ0) is 19.9. The van der Waals surface area contributed by atoms with Gasteiger partial charge in [-0.3, -0.25) is 0 Å². The normalized spacial score (nSPS) is 11.0. The van der Waals surface area contributed by atoms with E-state index in [1.807, 2.05) is 0 Å². The Morgan fingerprint density at radius 1 is 0.828 bits per heavy atom. The maximum absolute atomic E-state index is 5.97. The molecule has 0 spiro atoms. The first kappa shape index (κ1) is 25.8. The number of halogens is 1. The topological polar surface area (TPSA) is 51.0 Å². The van der Waals surface area contributed by atoms with Crippen LogP contribution in [-0.2, 0) is 6.42 Å². The molecule has 1 heterocycles. The molecule has 0 aliphatic carbocycles. The van der Waals surface area contributed by atoms with Crippen LogP contribution in [0, 0.1) is 0 Å². The molecule has 3 N–H and O–H groups in total. The second-order valence-electron chi connectivity index (χ2n) is 8.15. The van der Waals surface area contributed by atoms with Crippen molar-refractivity contribution < 1.29 is 4.74 Å². The first-order valence-corrected chi connectivity index (χ1v) is 11.8. The standard InChI is InChI=1S/C25H42N2O.ClH/c1-2-3-4-5-6-7-8-9-10-11-12-13-14-19-28-23-15-16-25-24(20-23)22(17-18-26)21-27-25;/h15-16,20-21,27H,2-14,17-19,26H2,1H3;1H. The molecule has 1 aromatic heterocycles. The summed E-state index contributed by atoms with van der Waals surface area (Å²) in [5, 5.41) is 1.24. The summed E-state index contributed by atoms with van der Waals surface area (Å²) in [7, 11) is 0. The Kier molecular flexibility index (Phi) is 14.8. The van der Waals surface area contributed by atoms with Gasteiger partial charge in [0.2, 0.25) is 0 Å². The molecule has 0 aliphatic rings. The molecule has 0 bridgehead atoms. The number of aromatic amines is 1. The van der Waals surface area contributed by atoms with E-state index in [-0.39, 0.29) is 12.4 Å². The summed E-state index contributed by atoms with van der Waals surface area (Å²) in [6, 6.07) is 6.32. The maximum atomic E-state index is 5.97. The van der Waals surface area contributed by atoms with Crippen molar-refractivity contribution in [1.29, 1.82) is 0 Å². The second kappa shape index (κ2) is 16.6. The van der Waals surface area contributed by atoms with Gasteiger partial charge in [0.25, 0.3) is 0 Å². The molecule has 29 heavy (non-hydrogen) atoms. The monoisotopic (exact) mass is 422 g/mol. The van der Waals surface area contributed by atoms with Crippen LogP contribution in [0.3, 0.4) is 0 Å². The lowest BCUT2D eigenvalue weighted by Crippen LogP contribution is -2.02. The molecule has 3 nitrogen and oxygen atoms in total. The zero-order valence-electron chi connectivity index (χ0n) is 18.5. The Hall–Kier alpha value is -1.19. The molecule has 166 valence electrons. The Balaban J connectivity index is 0.00000420. The number of rotatable bonds is 17. The van der Waals surface area contributed by atoms with Crippen LogP contribution < -0.4 is 10.5 Å². The van der Waals surface area contributed by atoms with Gasteiger partial charge in [0, 0.05) is 17.1 Å². The van der Waals surface area contributed by atoms with E-state index >= 15 is 0 Å². The molecule has 0 amide bonds. The lowest BCUT2D eigenvalue weighted by atomic mass is 10.0. The van der Waals surface area contributed by atoms with Crippen LogP contribution in [0.5, 0.6) is 5.75 Å². The number of fused-ring (bicyclic) bond motifs is 1. The molecule has 0 unspecified atom stereocenters. The number of H-pyrrole nitrogens is 1. The molecule has 0 atom stereocenters. The molecule has 0 aliphatic heterocycles. The van der Waals surface area contributed by atoms with E-state index < -0.39 is 0 Å². The van der Waals surface area contributed by atoms with Crippen LogP contribution in [0.1, 0.15) is 96.0 Å². The SMILES string of the molecule is CCCCCCCCCCCCCCCOc1ccc2[nH]cc(CCN)c2c1.Cl. The van der Waals surface area contributed by atoms with Crippen LogP contribution in [0.25, 0.3) is 10.9 Å². The number of hydrogen-bond donors (Lipinski definition) is 2. The molecule has 2 aromatic rings. The molecule has 1 aromatic carbocycles. The Labute approximate surface area is 184 Å². The first-order chi connectivity index (χ1) is 13.8. The van der Waals surface area contributed by atoms with Gasteiger partial charge in [-0.25, -0.2) is 0 Å². The van der Waals surface area contributed by atoms with Crippen molar-refractivity contribution in [3.8, 4) is 5.75 Å². The molecule has 0 radical (unpaired) electrons. The summed E-state index contributed by atoms with van der Waals surface area (Å²) in [6.07, 6.45) is 20.9. The van der Waals surface area contributed by atoms with E-state index in [9.17, 15) is 0 Å². The minimum atomic E-state index is 0. The van der Waals surface area contributed by atoms with Crippen molar-refractivity contribution in [2.45, 2.75) is 96.8 Å². The van der Waals surface area contributed by atoms with Gasteiger partial charge in [0.05, 0.1) is 6.61 Å². The highest BCUT2D eigenvalue weighted by Crippen LogP contribution is 2.24.